The van der Waals surface area contributed by atoms with E-state index in [1.165, 1.54) is 5.56 Å². The van der Waals surface area contributed by atoms with Crippen molar-refractivity contribution < 1.29 is 4.79 Å². The van der Waals surface area contributed by atoms with E-state index in [1.54, 1.807) is 18.0 Å². The molecule has 0 spiro atoms. The van der Waals surface area contributed by atoms with Gasteiger partial charge in [0.25, 0.3) is 0 Å². The minimum atomic E-state index is 0.0420. The van der Waals surface area contributed by atoms with E-state index in [1.807, 2.05) is 44.2 Å². The molecule has 20 heavy (non-hydrogen) atoms. The van der Waals surface area contributed by atoms with Crippen LogP contribution in [0.3, 0.4) is 0 Å². The van der Waals surface area contributed by atoms with E-state index >= 15 is 0 Å². The number of carbonyl (C=O) groups is 1. The molecule has 2 aromatic rings. The van der Waals surface area contributed by atoms with E-state index in [9.17, 15) is 4.79 Å². The fourth-order valence-electron chi connectivity index (χ4n) is 1.85. The van der Waals surface area contributed by atoms with Gasteiger partial charge in [-0.25, -0.2) is 4.98 Å². The third kappa shape index (κ3) is 4.38. The smallest absolute Gasteiger partial charge is 0.225 e. The topological polar surface area (TPSA) is 42.0 Å². The Morgan fingerprint density at radius 1 is 1.25 bits per heavy atom. The van der Waals surface area contributed by atoms with Gasteiger partial charge in [0.1, 0.15) is 0 Å². The van der Waals surface area contributed by atoms with Crippen molar-refractivity contribution in [3.8, 4) is 0 Å². The minimum absolute atomic E-state index is 0.0420. The lowest BCUT2D eigenvalue weighted by Gasteiger charge is -2.09. The highest BCUT2D eigenvalue weighted by Gasteiger charge is 2.05. The first-order valence-electron chi connectivity index (χ1n) is 6.56. The van der Waals surface area contributed by atoms with Gasteiger partial charge in [0.2, 0.25) is 5.91 Å². The summed E-state index contributed by atoms with van der Waals surface area (Å²) >= 11 is 1.59. The van der Waals surface area contributed by atoms with Gasteiger partial charge in [-0.15, -0.1) is 11.8 Å². The molecular formula is C16H18N2OS. The van der Waals surface area contributed by atoms with Crippen molar-refractivity contribution in [2.45, 2.75) is 25.3 Å². The van der Waals surface area contributed by atoms with Gasteiger partial charge in [-0.3, -0.25) is 4.79 Å². The van der Waals surface area contributed by atoms with Gasteiger partial charge < -0.3 is 5.32 Å². The number of benzene rings is 1. The van der Waals surface area contributed by atoms with Gasteiger partial charge in [0, 0.05) is 24.1 Å². The molecule has 3 nitrogen and oxygen atoms in total. The number of nitrogens with zero attached hydrogens (tertiary/aromatic N) is 1. The third-order valence-corrected chi connectivity index (χ3v) is 3.82. The van der Waals surface area contributed by atoms with Gasteiger partial charge in [0.05, 0.1) is 5.03 Å². The van der Waals surface area contributed by atoms with Gasteiger partial charge in [-0.1, -0.05) is 23.8 Å². The molecule has 1 heterocycles. The van der Waals surface area contributed by atoms with E-state index in [-0.39, 0.29) is 5.91 Å². The molecule has 0 saturated carbocycles. The molecule has 0 saturated heterocycles. The van der Waals surface area contributed by atoms with Gasteiger partial charge >= 0.3 is 0 Å². The first-order valence-corrected chi connectivity index (χ1v) is 7.54. The largest absolute Gasteiger partial charge is 0.326 e. The fraction of sp³-hybridized carbons (Fsp3) is 0.250. The number of amides is 1. The summed E-state index contributed by atoms with van der Waals surface area (Å²) in [6.45, 7) is 4.05. The molecule has 1 aromatic heterocycles. The number of thioether (sulfide) groups is 1. The van der Waals surface area contributed by atoms with E-state index in [2.05, 4.69) is 16.4 Å². The van der Waals surface area contributed by atoms with E-state index < -0.39 is 0 Å². The molecule has 0 bridgehead atoms. The first kappa shape index (κ1) is 14.6. The van der Waals surface area contributed by atoms with Gasteiger partial charge in [-0.2, -0.15) is 0 Å². The Kier molecular flexibility index (Phi) is 5.18. The lowest BCUT2D eigenvalue weighted by atomic mass is 10.1. The molecule has 1 aromatic carbocycles. The lowest BCUT2D eigenvalue weighted by Crippen LogP contribution is -2.13. The van der Waals surface area contributed by atoms with Crippen LogP contribution < -0.4 is 5.32 Å². The Labute approximate surface area is 123 Å². The molecule has 0 unspecified atom stereocenters. The molecule has 0 aliphatic heterocycles. The predicted molar refractivity (Wildman–Crippen MR) is 84.1 cm³/mol. The number of pyridine rings is 1. The molecule has 2 rings (SSSR count). The SMILES string of the molecule is Cc1ccc(NC(=O)CCSc2ccccn2)c(C)c1. The average molecular weight is 286 g/mol. The Bertz CT molecular complexity index is 584. The minimum Gasteiger partial charge on any atom is -0.326 e. The van der Waals surface area contributed by atoms with Gasteiger partial charge in [0.15, 0.2) is 0 Å². The number of aromatic nitrogens is 1. The Balaban J connectivity index is 1.81. The second kappa shape index (κ2) is 7.10. The number of carbonyl (C=O) groups excluding carboxylic acids is 1. The second-order valence-electron chi connectivity index (χ2n) is 4.63. The molecule has 104 valence electrons. The maximum absolute atomic E-state index is 11.9. The highest BCUT2D eigenvalue weighted by molar-refractivity contribution is 7.99. The summed E-state index contributed by atoms with van der Waals surface area (Å²) in [7, 11) is 0. The van der Waals surface area contributed by atoms with Crippen molar-refractivity contribution in [1.29, 1.82) is 0 Å². The molecule has 0 radical (unpaired) electrons. The molecule has 0 aliphatic carbocycles. The second-order valence-corrected chi connectivity index (χ2v) is 5.75. The van der Waals surface area contributed by atoms with Crippen molar-refractivity contribution in [1.82, 2.24) is 4.98 Å². The van der Waals surface area contributed by atoms with Crippen molar-refractivity contribution >= 4 is 23.4 Å². The molecule has 0 fully saturated rings. The third-order valence-electron chi connectivity index (χ3n) is 2.87. The standard InChI is InChI=1S/C16H18N2OS/c1-12-6-7-14(13(2)11-12)18-15(19)8-10-20-16-5-3-4-9-17-16/h3-7,9,11H,8,10H2,1-2H3,(H,18,19). The molecule has 1 amide bonds. The highest BCUT2D eigenvalue weighted by Crippen LogP contribution is 2.18. The number of nitrogens with one attached hydrogen (secondary N) is 1. The highest BCUT2D eigenvalue weighted by atomic mass is 32.2. The number of aryl methyl sites for hydroxylation is 2. The summed E-state index contributed by atoms with van der Waals surface area (Å²) in [6, 6.07) is 11.8. The van der Waals surface area contributed by atoms with Crippen LogP contribution in [-0.4, -0.2) is 16.6 Å². The van der Waals surface area contributed by atoms with Crippen LogP contribution in [0.2, 0.25) is 0 Å². The normalized spacial score (nSPS) is 10.3. The Morgan fingerprint density at radius 3 is 2.80 bits per heavy atom. The molecule has 4 heteroatoms. The molecule has 1 N–H and O–H groups in total. The Hall–Kier alpha value is -1.81. The van der Waals surface area contributed by atoms with Crippen LogP contribution in [0.5, 0.6) is 0 Å². The van der Waals surface area contributed by atoms with Crippen molar-refractivity contribution in [3.63, 3.8) is 0 Å². The average Bonchev–Trinajstić information content (AvgIpc) is 2.43. The van der Waals surface area contributed by atoms with Crippen LogP contribution in [0.25, 0.3) is 0 Å². The fourth-order valence-corrected chi connectivity index (χ4v) is 2.65. The van der Waals surface area contributed by atoms with E-state index in [0.29, 0.717) is 6.42 Å². The van der Waals surface area contributed by atoms with Crippen LogP contribution >= 0.6 is 11.8 Å². The monoisotopic (exact) mass is 286 g/mol. The summed E-state index contributed by atoms with van der Waals surface area (Å²) in [5.41, 5.74) is 3.19. The van der Waals surface area contributed by atoms with Crippen LogP contribution in [0.15, 0.2) is 47.6 Å². The molecule has 0 aliphatic rings. The predicted octanol–water partition coefficient (Wildman–Crippen LogP) is 3.82. The first-order chi connectivity index (χ1) is 9.65. The van der Waals surface area contributed by atoms with Crippen LogP contribution in [-0.2, 0) is 4.79 Å². The van der Waals surface area contributed by atoms with Crippen LogP contribution in [0, 0.1) is 13.8 Å². The van der Waals surface area contributed by atoms with Gasteiger partial charge in [-0.05, 0) is 37.6 Å². The van der Waals surface area contributed by atoms with Crippen molar-refractivity contribution in [2.75, 3.05) is 11.1 Å². The summed E-state index contributed by atoms with van der Waals surface area (Å²) in [5.74, 6) is 0.772. The number of rotatable bonds is 5. The molecular weight excluding hydrogens is 268 g/mol. The molecule has 0 atom stereocenters. The number of anilines is 1. The van der Waals surface area contributed by atoms with E-state index in [4.69, 9.17) is 0 Å². The van der Waals surface area contributed by atoms with Crippen molar-refractivity contribution in [3.05, 3.63) is 53.7 Å². The van der Waals surface area contributed by atoms with E-state index in [0.717, 1.165) is 22.0 Å². The van der Waals surface area contributed by atoms with Crippen molar-refractivity contribution in [2.24, 2.45) is 0 Å². The number of hydrogen-bond donors (Lipinski definition) is 1. The summed E-state index contributed by atoms with van der Waals surface area (Å²) in [6.07, 6.45) is 2.24. The zero-order valence-electron chi connectivity index (χ0n) is 11.7. The zero-order chi connectivity index (χ0) is 14.4. The quantitative estimate of drug-likeness (QED) is 0.850. The van der Waals surface area contributed by atoms with Crippen LogP contribution in [0.4, 0.5) is 5.69 Å². The summed E-state index contributed by atoms with van der Waals surface area (Å²) in [4.78, 5) is 16.1. The number of hydrogen-bond acceptors (Lipinski definition) is 3. The maximum Gasteiger partial charge on any atom is 0.225 e. The summed E-state index contributed by atoms with van der Waals surface area (Å²) in [5, 5.41) is 3.90. The zero-order valence-corrected chi connectivity index (χ0v) is 12.5. The summed E-state index contributed by atoms with van der Waals surface area (Å²) < 4.78 is 0. The maximum atomic E-state index is 11.9. The lowest BCUT2D eigenvalue weighted by molar-refractivity contribution is -0.115. The van der Waals surface area contributed by atoms with Crippen LogP contribution in [0.1, 0.15) is 17.5 Å². The Morgan fingerprint density at radius 2 is 2.10 bits per heavy atom.